The molecule has 6 nitrogen and oxygen atoms in total. The van der Waals surface area contributed by atoms with E-state index in [1.54, 1.807) is 0 Å². The van der Waals surface area contributed by atoms with E-state index >= 15 is 0 Å². The van der Waals surface area contributed by atoms with Gasteiger partial charge in [-0.1, -0.05) is 42.0 Å². The van der Waals surface area contributed by atoms with Crippen molar-refractivity contribution in [3.63, 3.8) is 0 Å². The zero-order valence-electron chi connectivity index (χ0n) is 16.8. The highest BCUT2D eigenvalue weighted by Gasteiger charge is 2.21. The van der Waals surface area contributed by atoms with Gasteiger partial charge in [0.2, 0.25) is 0 Å². The number of nitrogens with one attached hydrogen (secondary N) is 1. The van der Waals surface area contributed by atoms with Gasteiger partial charge in [0.1, 0.15) is 0 Å². The lowest BCUT2D eigenvalue weighted by atomic mass is 10.0. The lowest BCUT2D eigenvalue weighted by molar-refractivity contribution is 0.302. The summed E-state index contributed by atoms with van der Waals surface area (Å²) in [7, 11) is -2.81. The molecule has 7 heteroatoms. The van der Waals surface area contributed by atoms with Crippen LogP contribution in [0.5, 0.6) is 0 Å². The van der Waals surface area contributed by atoms with Gasteiger partial charge in [0.05, 0.1) is 18.1 Å². The van der Waals surface area contributed by atoms with Crippen molar-refractivity contribution < 1.29 is 8.42 Å². The molecule has 1 aromatic carbocycles. The normalized spacial score (nSPS) is 20.8. The van der Waals surface area contributed by atoms with Gasteiger partial charge in [-0.15, -0.1) is 0 Å². The standard InChI is InChI=1S/C21H32N4O2S/c1-2-22-21(23-10-13-24-14-16-28(26,27)17-15-24)25-11-8-20(9-12-25)18-19-6-4-3-5-7-19/h3-7,18H,2,8-17H2,1H3,(H,22,23). The minimum absolute atomic E-state index is 0.277. The predicted molar refractivity (Wildman–Crippen MR) is 116 cm³/mol. The van der Waals surface area contributed by atoms with E-state index in [0.29, 0.717) is 19.6 Å². The molecule has 0 unspecified atom stereocenters. The molecule has 0 aromatic heterocycles. The van der Waals surface area contributed by atoms with Gasteiger partial charge in [-0.05, 0) is 25.3 Å². The van der Waals surface area contributed by atoms with Crippen molar-refractivity contribution in [2.75, 3.05) is 57.3 Å². The van der Waals surface area contributed by atoms with Gasteiger partial charge in [0.25, 0.3) is 0 Å². The highest BCUT2D eigenvalue weighted by molar-refractivity contribution is 7.91. The van der Waals surface area contributed by atoms with Crippen molar-refractivity contribution in [3.8, 4) is 0 Å². The predicted octanol–water partition coefficient (Wildman–Crippen LogP) is 1.86. The fourth-order valence-corrected chi connectivity index (χ4v) is 4.91. The molecule has 0 saturated carbocycles. The zero-order chi connectivity index (χ0) is 19.8. The van der Waals surface area contributed by atoms with Crippen molar-refractivity contribution in [1.82, 2.24) is 15.1 Å². The molecule has 1 N–H and O–H groups in total. The van der Waals surface area contributed by atoms with E-state index in [-0.39, 0.29) is 11.5 Å². The molecule has 0 aliphatic carbocycles. The van der Waals surface area contributed by atoms with Crippen LogP contribution in [0.4, 0.5) is 0 Å². The van der Waals surface area contributed by atoms with E-state index < -0.39 is 9.84 Å². The smallest absolute Gasteiger partial charge is 0.193 e. The number of guanidine groups is 1. The molecule has 154 valence electrons. The average Bonchev–Trinajstić information content (AvgIpc) is 2.70. The number of benzene rings is 1. The second-order valence-electron chi connectivity index (χ2n) is 7.43. The Morgan fingerprint density at radius 1 is 1.11 bits per heavy atom. The number of aliphatic imine (C=N–C) groups is 1. The van der Waals surface area contributed by atoms with Crippen LogP contribution in [0.3, 0.4) is 0 Å². The minimum Gasteiger partial charge on any atom is -0.357 e. The molecule has 0 amide bonds. The van der Waals surface area contributed by atoms with Crippen LogP contribution in [0.15, 0.2) is 40.9 Å². The van der Waals surface area contributed by atoms with Gasteiger partial charge in [-0.3, -0.25) is 9.89 Å². The Labute approximate surface area is 169 Å². The maximum Gasteiger partial charge on any atom is 0.193 e. The molecule has 2 aliphatic rings. The maximum absolute atomic E-state index is 11.5. The van der Waals surface area contributed by atoms with E-state index in [4.69, 9.17) is 4.99 Å². The van der Waals surface area contributed by atoms with Crippen molar-refractivity contribution in [2.24, 2.45) is 4.99 Å². The summed E-state index contributed by atoms with van der Waals surface area (Å²) in [6, 6.07) is 10.5. The van der Waals surface area contributed by atoms with E-state index in [2.05, 4.69) is 52.4 Å². The Morgan fingerprint density at radius 2 is 1.79 bits per heavy atom. The number of rotatable bonds is 5. The highest BCUT2D eigenvalue weighted by Crippen LogP contribution is 2.19. The number of sulfone groups is 1. The van der Waals surface area contributed by atoms with Crippen LogP contribution >= 0.6 is 0 Å². The third kappa shape index (κ3) is 6.34. The van der Waals surface area contributed by atoms with Crippen LogP contribution in [0.1, 0.15) is 25.3 Å². The average molecular weight is 405 g/mol. The summed E-state index contributed by atoms with van der Waals surface area (Å²) >= 11 is 0. The molecular weight excluding hydrogens is 372 g/mol. The molecule has 0 bridgehead atoms. The largest absolute Gasteiger partial charge is 0.357 e. The Morgan fingerprint density at radius 3 is 2.43 bits per heavy atom. The second kappa shape index (κ2) is 10.1. The van der Waals surface area contributed by atoms with Gasteiger partial charge >= 0.3 is 0 Å². The van der Waals surface area contributed by atoms with Gasteiger partial charge in [0, 0.05) is 39.3 Å². The lowest BCUT2D eigenvalue weighted by Gasteiger charge is -2.32. The first kappa shape index (κ1) is 20.9. The van der Waals surface area contributed by atoms with Gasteiger partial charge in [-0.2, -0.15) is 0 Å². The summed E-state index contributed by atoms with van der Waals surface area (Å²) in [6.07, 6.45) is 4.43. The molecule has 0 radical (unpaired) electrons. The SMILES string of the molecule is CCNC(=NCCN1CCS(=O)(=O)CC1)N1CCC(=Cc2ccccc2)CC1. The molecule has 0 spiro atoms. The summed E-state index contributed by atoms with van der Waals surface area (Å²) in [6.45, 7) is 7.68. The fourth-order valence-electron chi connectivity index (χ4n) is 3.63. The number of hydrogen-bond acceptors (Lipinski definition) is 4. The van der Waals surface area contributed by atoms with E-state index in [9.17, 15) is 8.42 Å². The van der Waals surface area contributed by atoms with Crippen molar-refractivity contribution in [1.29, 1.82) is 0 Å². The quantitative estimate of drug-likeness (QED) is 0.599. The maximum atomic E-state index is 11.5. The van der Waals surface area contributed by atoms with Crippen molar-refractivity contribution >= 4 is 21.9 Å². The topological polar surface area (TPSA) is 65.0 Å². The number of nitrogens with zero attached hydrogens (tertiary/aromatic N) is 3. The Bertz CT molecular complexity index is 766. The third-order valence-corrected chi connectivity index (χ3v) is 6.93. The first-order valence-electron chi connectivity index (χ1n) is 10.3. The minimum atomic E-state index is -2.81. The second-order valence-corrected chi connectivity index (χ2v) is 9.73. The van der Waals surface area contributed by atoms with Crippen LogP contribution in [-0.4, -0.2) is 81.5 Å². The van der Waals surface area contributed by atoms with Crippen molar-refractivity contribution in [2.45, 2.75) is 19.8 Å². The van der Waals surface area contributed by atoms with E-state index in [1.807, 2.05) is 6.07 Å². The molecule has 1 aromatic rings. The number of likely N-dealkylation sites (tertiary alicyclic amines) is 1. The molecule has 2 heterocycles. The molecule has 0 atom stereocenters. The lowest BCUT2D eigenvalue weighted by Crippen LogP contribution is -2.45. The first-order valence-corrected chi connectivity index (χ1v) is 12.1. The summed E-state index contributed by atoms with van der Waals surface area (Å²) < 4.78 is 23.1. The molecule has 2 aliphatic heterocycles. The summed E-state index contributed by atoms with van der Waals surface area (Å²) in [5.41, 5.74) is 2.77. The summed E-state index contributed by atoms with van der Waals surface area (Å²) in [4.78, 5) is 9.34. The fraction of sp³-hybridized carbons (Fsp3) is 0.571. The van der Waals surface area contributed by atoms with Gasteiger partial charge in [0.15, 0.2) is 15.8 Å². The Balaban J connectivity index is 1.50. The molecule has 28 heavy (non-hydrogen) atoms. The van der Waals surface area contributed by atoms with Crippen LogP contribution in [0.25, 0.3) is 6.08 Å². The van der Waals surface area contributed by atoms with Gasteiger partial charge < -0.3 is 10.2 Å². The van der Waals surface area contributed by atoms with E-state index in [0.717, 1.165) is 45.0 Å². The first-order chi connectivity index (χ1) is 13.6. The zero-order valence-corrected chi connectivity index (χ0v) is 17.6. The van der Waals surface area contributed by atoms with Crippen LogP contribution in [0.2, 0.25) is 0 Å². The number of piperidine rings is 1. The number of hydrogen-bond donors (Lipinski definition) is 1. The summed E-state index contributed by atoms with van der Waals surface area (Å²) in [5.74, 6) is 1.53. The van der Waals surface area contributed by atoms with Crippen LogP contribution in [0, 0.1) is 0 Å². The van der Waals surface area contributed by atoms with Crippen LogP contribution in [-0.2, 0) is 9.84 Å². The monoisotopic (exact) mass is 404 g/mol. The highest BCUT2D eigenvalue weighted by atomic mass is 32.2. The molecule has 2 fully saturated rings. The summed E-state index contributed by atoms with van der Waals surface area (Å²) in [5, 5.41) is 3.41. The molecule has 2 saturated heterocycles. The Kier molecular flexibility index (Phi) is 7.50. The van der Waals surface area contributed by atoms with Crippen LogP contribution < -0.4 is 5.32 Å². The van der Waals surface area contributed by atoms with Crippen molar-refractivity contribution in [3.05, 3.63) is 41.5 Å². The van der Waals surface area contributed by atoms with Gasteiger partial charge in [-0.25, -0.2) is 8.42 Å². The molecule has 3 rings (SSSR count). The van der Waals surface area contributed by atoms with E-state index in [1.165, 1.54) is 11.1 Å². The third-order valence-electron chi connectivity index (χ3n) is 5.33. The Hall–Kier alpha value is -1.86. The molecular formula is C21H32N4O2S.